The molecule has 8 heteroatoms. The lowest BCUT2D eigenvalue weighted by atomic mass is 9.98. The molecule has 0 heterocycles. The van der Waals surface area contributed by atoms with E-state index in [-0.39, 0.29) is 42.4 Å². The zero-order valence-corrected chi connectivity index (χ0v) is 19.2. The molecule has 1 amide bonds. The van der Waals surface area contributed by atoms with Crippen LogP contribution in [0.25, 0.3) is 11.1 Å². The van der Waals surface area contributed by atoms with Crippen molar-refractivity contribution in [2.45, 2.75) is 24.5 Å². The van der Waals surface area contributed by atoms with Gasteiger partial charge in [-0.25, -0.2) is 9.59 Å². The minimum Gasteiger partial charge on any atom is -0.496 e. The number of aliphatic hydroxyl groups excluding tert-OH is 2. The summed E-state index contributed by atoms with van der Waals surface area (Å²) in [5, 5.41) is 32.7. The number of ether oxygens (including phenoxy) is 2. The molecule has 0 aliphatic heterocycles. The monoisotopic (exact) mass is 477 g/mol. The highest BCUT2D eigenvalue weighted by molar-refractivity contribution is 5.88. The summed E-state index contributed by atoms with van der Waals surface area (Å²) >= 11 is 0. The molecular weight excluding hydrogens is 450 g/mol. The van der Waals surface area contributed by atoms with E-state index in [4.69, 9.17) is 9.47 Å². The van der Waals surface area contributed by atoms with Crippen molar-refractivity contribution in [3.05, 3.63) is 89.0 Å². The minimum absolute atomic E-state index is 0.0197. The molecule has 2 unspecified atom stereocenters. The van der Waals surface area contributed by atoms with Gasteiger partial charge in [0.2, 0.25) is 0 Å². The van der Waals surface area contributed by atoms with Crippen LogP contribution in [0.5, 0.6) is 5.75 Å². The van der Waals surface area contributed by atoms with Gasteiger partial charge in [-0.05, 0) is 46.9 Å². The number of carboxylic acids is 1. The zero-order valence-electron chi connectivity index (χ0n) is 19.2. The Kier molecular flexibility index (Phi) is 7.33. The number of carbonyl (C=O) groups excluding carboxylic acids is 1. The molecule has 35 heavy (non-hydrogen) atoms. The highest BCUT2D eigenvalue weighted by atomic mass is 16.5. The molecule has 0 saturated heterocycles. The van der Waals surface area contributed by atoms with Gasteiger partial charge in [0.1, 0.15) is 18.5 Å². The molecule has 0 saturated carbocycles. The summed E-state index contributed by atoms with van der Waals surface area (Å²) in [4.78, 5) is 23.5. The fraction of sp³-hybridized carbons (Fsp3) is 0.259. The first-order valence-corrected chi connectivity index (χ1v) is 11.3. The van der Waals surface area contributed by atoms with Crippen molar-refractivity contribution < 1.29 is 34.4 Å². The lowest BCUT2D eigenvalue weighted by Crippen LogP contribution is -2.30. The number of aromatic carboxylic acids is 1. The first-order valence-electron chi connectivity index (χ1n) is 11.3. The molecule has 0 radical (unpaired) electrons. The van der Waals surface area contributed by atoms with E-state index in [0.717, 1.165) is 22.3 Å². The second kappa shape index (κ2) is 10.6. The molecule has 0 fully saturated rings. The van der Waals surface area contributed by atoms with E-state index in [1.165, 1.54) is 25.3 Å². The van der Waals surface area contributed by atoms with Gasteiger partial charge in [0.05, 0.1) is 18.8 Å². The number of amides is 1. The third kappa shape index (κ3) is 5.13. The Bertz CT molecular complexity index is 1180. The van der Waals surface area contributed by atoms with E-state index in [2.05, 4.69) is 17.4 Å². The Balaban J connectivity index is 1.31. The average molecular weight is 478 g/mol. The van der Waals surface area contributed by atoms with E-state index in [1.54, 1.807) is 0 Å². The normalized spacial score (nSPS) is 13.9. The molecule has 0 aromatic heterocycles. The summed E-state index contributed by atoms with van der Waals surface area (Å²) in [5.74, 6) is -0.965. The number of rotatable bonds is 9. The van der Waals surface area contributed by atoms with Crippen molar-refractivity contribution >= 4 is 12.1 Å². The molecule has 1 aliphatic carbocycles. The SMILES string of the molecule is COc1ccc(C(=O)O)cc1C(O)C(O)CCNC(=O)OCC1c2ccccc2-c2ccccc21. The van der Waals surface area contributed by atoms with Gasteiger partial charge in [0.15, 0.2) is 0 Å². The number of hydrogen-bond acceptors (Lipinski definition) is 6. The maximum Gasteiger partial charge on any atom is 0.407 e. The lowest BCUT2D eigenvalue weighted by Gasteiger charge is -2.21. The second-order valence-electron chi connectivity index (χ2n) is 8.32. The number of alkyl carbamates (subject to hydrolysis) is 1. The third-order valence-corrected chi connectivity index (χ3v) is 6.21. The van der Waals surface area contributed by atoms with Gasteiger partial charge in [-0.15, -0.1) is 0 Å². The summed E-state index contributed by atoms with van der Waals surface area (Å²) in [6.45, 7) is 0.222. The van der Waals surface area contributed by atoms with E-state index < -0.39 is 24.3 Å². The summed E-state index contributed by atoms with van der Waals surface area (Å²) in [7, 11) is 1.39. The third-order valence-electron chi connectivity index (χ3n) is 6.21. The van der Waals surface area contributed by atoms with Crippen molar-refractivity contribution in [3.63, 3.8) is 0 Å². The molecule has 8 nitrogen and oxygen atoms in total. The minimum atomic E-state index is -1.39. The highest BCUT2D eigenvalue weighted by Crippen LogP contribution is 2.44. The molecule has 3 aromatic rings. The molecule has 3 aromatic carbocycles. The van der Waals surface area contributed by atoms with Gasteiger partial charge < -0.3 is 30.1 Å². The fourth-order valence-corrected chi connectivity index (χ4v) is 4.44. The molecular formula is C27H27NO7. The summed E-state index contributed by atoms with van der Waals surface area (Å²) in [6.07, 6.45) is -3.26. The number of methoxy groups -OCH3 is 1. The Morgan fingerprint density at radius 3 is 2.20 bits per heavy atom. The molecule has 0 spiro atoms. The van der Waals surface area contributed by atoms with Crippen LogP contribution >= 0.6 is 0 Å². The number of hydrogen-bond donors (Lipinski definition) is 4. The van der Waals surface area contributed by atoms with Crippen LogP contribution < -0.4 is 10.1 Å². The van der Waals surface area contributed by atoms with Crippen molar-refractivity contribution in [1.82, 2.24) is 5.32 Å². The van der Waals surface area contributed by atoms with Crippen LogP contribution in [0.15, 0.2) is 66.7 Å². The van der Waals surface area contributed by atoms with Gasteiger partial charge in [-0.2, -0.15) is 0 Å². The first-order chi connectivity index (χ1) is 16.9. The quantitative estimate of drug-likeness (QED) is 0.370. The van der Waals surface area contributed by atoms with Crippen molar-refractivity contribution in [2.75, 3.05) is 20.3 Å². The van der Waals surface area contributed by atoms with Crippen LogP contribution in [0.4, 0.5) is 4.79 Å². The van der Waals surface area contributed by atoms with Crippen LogP contribution in [0.3, 0.4) is 0 Å². The number of carboxylic acid groups (broad SMARTS) is 1. The second-order valence-corrected chi connectivity index (χ2v) is 8.32. The largest absolute Gasteiger partial charge is 0.496 e. The van der Waals surface area contributed by atoms with Crippen LogP contribution in [0.2, 0.25) is 0 Å². The van der Waals surface area contributed by atoms with Crippen molar-refractivity contribution in [3.8, 4) is 16.9 Å². The summed E-state index contributed by atoms with van der Waals surface area (Å²) in [5.41, 5.74) is 4.60. The first kappa shape index (κ1) is 24.3. The Hall–Kier alpha value is -3.88. The maximum absolute atomic E-state index is 12.3. The zero-order chi connectivity index (χ0) is 24.9. The predicted octanol–water partition coefficient (Wildman–Crippen LogP) is 3.72. The number of nitrogens with one attached hydrogen (secondary N) is 1. The molecule has 4 rings (SSSR count). The standard InChI is InChI=1S/C27H27NO7/c1-34-24-11-10-16(26(31)32)14-21(24)25(30)23(29)12-13-28-27(33)35-15-22-19-8-4-2-6-17(19)18-7-3-5-9-20(18)22/h2-11,14,22-23,25,29-30H,12-13,15H2,1H3,(H,28,33)(H,31,32). The van der Waals surface area contributed by atoms with Crippen molar-refractivity contribution in [1.29, 1.82) is 0 Å². The van der Waals surface area contributed by atoms with Gasteiger partial charge in [-0.1, -0.05) is 48.5 Å². The van der Waals surface area contributed by atoms with Gasteiger partial charge in [0, 0.05) is 18.0 Å². The highest BCUT2D eigenvalue weighted by Gasteiger charge is 2.29. The van der Waals surface area contributed by atoms with Crippen LogP contribution in [0.1, 0.15) is 45.5 Å². The smallest absolute Gasteiger partial charge is 0.407 e. The number of fused-ring (bicyclic) bond motifs is 3. The van der Waals surface area contributed by atoms with Gasteiger partial charge >= 0.3 is 12.1 Å². The van der Waals surface area contributed by atoms with Crippen LogP contribution in [-0.4, -0.2) is 53.7 Å². The van der Waals surface area contributed by atoms with Crippen molar-refractivity contribution in [2.24, 2.45) is 0 Å². The molecule has 4 N–H and O–H groups in total. The van der Waals surface area contributed by atoms with Crippen LogP contribution in [-0.2, 0) is 4.74 Å². The van der Waals surface area contributed by atoms with E-state index in [1.807, 2.05) is 36.4 Å². The Morgan fingerprint density at radius 1 is 0.971 bits per heavy atom. The molecule has 0 bridgehead atoms. The summed E-state index contributed by atoms with van der Waals surface area (Å²) in [6, 6.07) is 20.1. The van der Waals surface area contributed by atoms with Gasteiger partial charge in [-0.3, -0.25) is 0 Å². The number of aliphatic hydroxyl groups is 2. The maximum atomic E-state index is 12.3. The lowest BCUT2D eigenvalue weighted by molar-refractivity contribution is 0.0123. The topological polar surface area (TPSA) is 125 Å². The van der Waals surface area contributed by atoms with Gasteiger partial charge in [0.25, 0.3) is 0 Å². The van der Waals surface area contributed by atoms with Crippen LogP contribution in [0, 0.1) is 0 Å². The van der Waals surface area contributed by atoms with E-state index in [9.17, 15) is 24.9 Å². The van der Waals surface area contributed by atoms with E-state index >= 15 is 0 Å². The Labute approximate surface area is 202 Å². The predicted molar refractivity (Wildman–Crippen MR) is 129 cm³/mol. The Morgan fingerprint density at radius 2 is 1.60 bits per heavy atom. The number of benzene rings is 3. The number of carbonyl (C=O) groups is 2. The fourth-order valence-electron chi connectivity index (χ4n) is 4.44. The molecule has 1 aliphatic rings. The summed E-state index contributed by atoms with van der Waals surface area (Å²) < 4.78 is 10.6. The average Bonchev–Trinajstić information content (AvgIpc) is 3.20. The molecule has 182 valence electrons. The van der Waals surface area contributed by atoms with E-state index in [0.29, 0.717) is 0 Å². The molecule has 2 atom stereocenters.